The number of benzene rings is 1. The quantitative estimate of drug-likeness (QED) is 0.799. The highest BCUT2D eigenvalue weighted by molar-refractivity contribution is 6.04. The summed E-state index contributed by atoms with van der Waals surface area (Å²) in [5, 5.41) is 11.1. The molecule has 6 heteroatoms. The summed E-state index contributed by atoms with van der Waals surface area (Å²) in [6, 6.07) is 11.8. The summed E-state index contributed by atoms with van der Waals surface area (Å²) in [6.45, 7) is 0. The van der Waals surface area contributed by atoms with Crippen LogP contribution < -0.4 is 5.32 Å². The average molecular weight is 293 g/mol. The summed E-state index contributed by atoms with van der Waals surface area (Å²) in [7, 11) is 1.76. The van der Waals surface area contributed by atoms with Crippen molar-refractivity contribution in [2.24, 2.45) is 7.05 Å². The molecule has 1 aromatic carbocycles. The number of aryl methyl sites for hydroxylation is 1. The zero-order chi connectivity index (χ0) is 15.2. The van der Waals surface area contributed by atoms with E-state index in [1.807, 2.05) is 18.2 Å². The van der Waals surface area contributed by atoms with E-state index in [0.717, 1.165) is 18.4 Å². The number of carbonyl (C=O) groups excluding carboxylic acids is 1. The van der Waals surface area contributed by atoms with Crippen LogP contribution >= 0.6 is 0 Å². The molecule has 0 radical (unpaired) electrons. The van der Waals surface area contributed by atoms with Crippen molar-refractivity contribution in [1.82, 2.24) is 25.3 Å². The first-order valence-corrected chi connectivity index (χ1v) is 7.22. The van der Waals surface area contributed by atoms with Gasteiger partial charge < -0.3 is 5.32 Å². The molecule has 1 N–H and O–H groups in total. The maximum atomic E-state index is 12.7. The molecule has 0 saturated heterocycles. The summed E-state index contributed by atoms with van der Waals surface area (Å²) in [5.41, 5.74) is 2.56. The van der Waals surface area contributed by atoms with Crippen LogP contribution in [0.5, 0.6) is 0 Å². The topological polar surface area (TPSA) is 72.7 Å². The highest BCUT2D eigenvalue weighted by Crippen LogP contribution is 2.45. The molecular formula is C16H15N5O. The van der Waals surface area contributed by atoms with E-state index in [1.165, 1.54) is 0 Å². The van der Waals surface area contributed by atoms with Gasteiger partial charge in [0.1, 0.15) is 5.52 Å². The van der Waals surface area contributed by atoms with Crippen molar-refractivity contribution in [3.05, 3.63) is 53.7 Å². The molecule has 0 unspecified atom stereocenters. The lowest BCUT2D eigenvalue weighted by atomic mass is 10.0. The molecule has 22 heavy (non-hydrogen) atoms. The lowest BCUT2D eigenvalue weighted by Gasteiger charge is -2.18. The Morgan fingerprint density at radius 2 is 2.00 bits per heavy atom. The predicted molar refractivity (Wildman–Crippen MR) is 81.1 cm³/mol. The Morgan fingerprint density at radius 1 is 1.23 bits per heavy atom. The number of hydrogen-bond acceptors (Lipinski definition) is 4. The van der Waals surface area contributed by atoms with E-state index < -0.39 is 0 Å². The minimum Gasteiger partial charge on any atom is -0.342 e. The van der Waals surface area contributed by atoms with Gasteiger partial charge in [-0.3, -0.25) is 4.79 Å². The van der Waals surface area contributed by atoms with E-state index in [-0.39, 0.29) is 11.4 Å². The van der Waals surface area contributed by atoms with Crippen LogP contribution in [0.4, 0.5) is 0 Å². The van der Waals surface area contributed by atoms with Crippen LogP contribution in [-0.2, 0) is 12.6 Å². The van der Waals surface area contributed by atoms with Crippen LogP contribution in [-0.4, -0.2) is 25.9 Å². The van der Waals surface area contributed by atoms with Crippen molar-refractivity contribution in [3.63, 3.8) is 0 Å². The predicted octanol–water partition coefficient (Wildman–Crippen LogP) is 1.78. The molecular weight excluding hydrogens is 278 g/mol. The van der Waals surface area contributed by atoms with Crippen molar-refractivity contribution in [2.45, 2.75) is 18.4 Å². The first-order valence-electron chi connectivity index (χ1n) is 7.22. The number of pyridine rings is 1. The van der Waals surface area contributed by atoms with Gasteiger partial charge in [-0.15, -0.1) is 5.10 Å². The second-order valence-electron chi connectivity index (χ2n) is 5.65. The molecule has 0 spiro atoms. The number of aromatic nitrogens is 4. The van der Waals surface area contributed by atoms with Gasteiger partial charge in [-0.25, -0.2) is 9.67 Å². The third-order valence-electron chi connectivity index (χ3n) is 4.16. The van der Waals surface area contributed by atoms with Crippen LogP contribution in [0.3, 0.4) is 0 Å². The summed E-state index contributed by atoms with van der Waals surface area (Å²) >= 11 is 0. The van der Waals surface area contributed by atoms with Gasteiger partial charge in [-0.2, -0.15) is 0 Å². The molecule has 3 aromatic rings. The smallest absolute Gasteiger partial charge is 0.254 e. The van der Waals surface area contributed by atoms with Crippen molar-refractivity contribution in [3.8, 4) is 0 Å². The Bertz CT molecular complexity index is 851. The van der Waals surface area contributed by atoms with Gasteiger partial charge >= 0.3 is 0 Å². The fourth-order valence-electron chi connectivity index (χ4n) is 2.77. The Kier molecular flexibility index (Phi) is 2.72. The van der Waals surface area contributed by atoms with Gasteiger partial charge in [0.05, 0.1) is 11.1 Å². The van der Waals surface area contributed by atoms with E-state index in [1.54, 1.807) is 24.0 Å². The van der Waals surface area contributed by atoms with Crippen LogP contribution in [0.15, 0.2) is 42.6 Å². The Balaban J connectivity index is 1.68. The Morgan fingerprint density at radius 3 is 2.73 bits per heavy atom. The molecule has 110 valence electrons. The third-order valence-corrected chi connectivity index (χ3v) is 4.16. The number of hydrogen-bond donors (Lipinski definition) is 1. The first-order chi connectivity index (χ1) is 10.7. The van der Waals surface area contributed by atoms with E-state index in [0.29, 0.717) is 16.7 Å². The largest absolute Gasteiger partial charge is 0.342 e. The molecule has 0 aliphatic heterocycles. The van der Waals surface area contributed by atoms with Crippen LogP contribution in [0, 0.1) is 0 Å². The summed E-state index contributed by atoms with van der Waals surface area (Å²) in [4.78, 5) is 16.9. The molecule has 6 nitrogen and oxygen atoms in total. The van der Waals surface area contributed by atoms with Crippen LogP contribution in [0.2, 0.25) is 0 Å². The molecule has 0 atom stereocenters. The SMILES string of the molecule is Cn1nnc2c(C(=O)NC3(c4ccccc4)CC3)ccnc21. The summed E-state index contributed by atoms with van der Waals surface area (Å²) < 4.78 is 1.57. The molecule has 1 aliphatic carbocycles. The third kappa shape index (κ3) is 1.95. The van der Waals surface area contributed by atoms with Gasteiger partial charge in [-0.1, -0.05) is 35.5 Å². The van der Waals surface area contributed by atoms with Gasteiger partial charge in [0.15, 0.2) is 5.65 Å². The average Bonchev–Trinajstić information content (AvgIpc) is 3.24. The van der Waals surface area contributed by atoms with Crippen molar-refractivity contribution < 1.29 is 4.79 Å². The van der Waals surface area contributed by atoms with Crippen LogP contribution in [0.25, 0.3) is 11.2 Å². The Hall–Kier alpha value is -2.76. The zero-order valence-corrected chi connectivity index (χ0v) is 12.2. The number of nitrogens with one attached hydrogen (secondary N) is 1. The van der Waals surface area contributed by atoms with Gasteiger partial charge in [0.2, 0.25) is 0 Å². The van der Waals surface area contributed by atoms with E-state index in [2.05, 4.69) is 32.7 Å². The molecule has 4 rings (SSSR count). The van der Waals surface area contributed by atoms with E-state index in [4.69, 9.17) is 0 Å². The molecule has 1 saturated carbocycles. The molecule has 1 fully saturated rings. The van der Waals surface area contributed by atoms with E-state index >= 15 is 0 Å². The molecule has 2 aromatic heterocycles. The minimum absolute atomic E-state index is 0.130. The normalized spacial score (nSPS) is 15.7. The van der Waals surface area contributed by atoms with Crippen molar-refractivity contribution >= 4 is 17.1 Å². The standard InChI is InChI=1S/C16H15N5O/c1-21-14-13(19-20-21)12(7-10-17-14)15(22)18-16(8-9-16)11-5-3-2-4-6-11/h2-7,10H,8-9H2,1H3,(H,18,22). The second-order valence-corrected chi connectivity index (χ2v) is 5.65. The summed E-state index contributed by atoms with van der Waals surface area (Å²) in [6.07, 6.45) is 3.53. The Labute approximate surface area is 127 Å². The monoisotopic (exact) mass is 293 g/mol. The van der Waals surface area contributed by atoms with Gasteiger partial charge in [0, 0.05) is 13.2 Å². The number of rotatable bonds is 3. The van der Waals surface area contributed by atoms with Gasteiger partial charge in [0.25, 0.3) is 5.91 Å². The molecule has 1 aliphatic rings. The molecule has 0 bridgehead atoms. The first kappa shape index (κ1) is 12.9. The highest BCUT2D eigenvalue weighted by Gasteiger charge is 2.45. The summed E-state index contributed by atoms with van der Waals surface area (Å²) in [5.74, 6) is -0.130. The lowest BCUT2D eigenvalue weighted by Crippen LogP contribution is -2.35. The number of amides is 1. The van der Waals surface area contributed by atoms with Crippen molar-refractivity contribution in [2.75, 3.05) is 0 Å². The fourth-order valence-corrected chi connectivity index (χ4v) is 2.77. The number of carbonyl (C=O) groups is 1. The zero-order valence-electron chi connectivity index (χ0n) is 12.2. The van der Waals surface area contributed by atoms with Crippen molar-refractivity contribution in [1.29, 1.82) is 0 Å². The number of nitrogens with zero attached hydrogens (tertiary/aromatic N) is 4. The highest BCUT2D eigenvalue weighted by atomic mass is 16.1. The lowest BCUT2D eigenvalue weighted by molar-refractivity contribution is 0.0932. The molecule has 2 heterocycles. The minimum atomic E-state index is -0.240. The van der Waals surface area contributed by atoms with Gasteiger partial charge in [-0.05, 0) is 24.5 Å². The maximum Gasteiger partial charge on any atom is 0.254 e. The number of fused-ring (bicyclic) bond motifs is 1. The second kappa shape index (κ2) is 4.62. The fraction of sp³-hybridized carbons (Fsp3) is 0.250. The molecule has 1 amide bonds. The van der Waals surface area contributed by atoms with E-state index in [9.17, 15) is 4.79 Å². The van der Waals surface area contributed by atoms with Crippen LogP contribution in [0.1, 0.15) is 28.8 Å². The maximum absolute atomic E-state index is 12.7.